The first-order valence-corrected chi connectivity index (χ1v) is 10.6. The van der Waals surface area contributed by atoms with Crippen LogP contribution in [0.1, 0.15) is 18.4 Å². The Bertz CT molecular complexity index is 1160. The number of phenolic OH excluding ortho intramolecular Hbond substituents is 1. The standard InChI is InChI=1S/C22H18N2O6S/c1-2-29-12-6-3-10(4-7-12)24-20(26)16-15-13-8-5-11(25)9-14(13)30-22(28)17(15)19(23)31-18(16)21(24)27/h3-9,15-16,18,25H,2,23H2,1H3/t15-,16+,18-/m0/s1. The number of carbonyl (C=O) groups is 3. The van der Waals surface area contributed by atoms with Gasteiger partial charge >= 0.3 is 5.97 Å². The highest BCUT2D eigenvalue weighted by Gasteiger charge is 2.58. The van der Waals surface area contributed by atoms with Gasteiger partial charge in [0.1, 0.15) is 22.5 Å². The summed E-state index contributed by atoms with van der Waals surface area (Å²) in [5.74, 6) is -2.29. The molecule has 0 radical (unpaired) electrons. The van der Waals surface area contributed by atoms with E-state index in [1.165, 1.54) is 12.1 Å². The second-order valence-corrected chi connectivity index (χ2v) is 8.55. The lowest BCUT2D eigenvalue weighted by atomic mass is 9.77. The summed E-state index contributed by atoms with van der Waals surface area (Å²) in [4.78, 5) is 40.6. The number of amides is 2. The van der Waals surface area contributed by atoms with Gasteiger partial charge in [-0.05, 0) is 37.3 Å². The number of phenols is 1. The highest BCUT2D eigenvalue weighted by Crippen LogP contribution is 2.54. The van der Waals surface area contributed by atoms with Crippen molar-refractivity contribution in [3.63, 3.8) is 0 Å². The molecule has 3 heterocycles. The molecule has 2 aromatic carbocycles. The van der Waals surface area contributed by atoms with E-state index in [2.05, 4.69) is 0 Å². The Kier molecular flexibility index (Phi) is 4.44. The number of hydrogen-bond donors (Lipinski definition) is 2. The van der Waals surface area contributed by atoms with Crippen LogP contribution < -0.4 is 20.1 Å². The van der Waals surface area contributed by atoms with E-state index in [0.717, 1.165) is 16.7 Å². The zero-order chi connectivity index (χ0) is 21.9. The van der Waals surface area contributed by atoms with Gasteiger partial charge < -0.3 is 20.3 Å². The molecule has 1 fully saturated rings. The van der Waals surface area contributed by atoms with Crippen LogP contribution in [-0.4, -0.2) is 34.7 Å². The number of fused-ring (bicyclic) bond motifs is 5. The van der Waals surface area contributed by atoms with Crippen molar-refractivity contribution < 1.29 is 29.0 Å². The number of aromatic hydroxyl groups is 1. The largest absolute Gasteiger partial charge is 0.508 e. The number of esters is 1. The number of nitrogens with zero attached hydrogens (tertiary/aromatic N) is 1. The third kappa shape index (κ3) is 2.88. The van der Waals surface area contributed by atoms with Gasteiger partial charge in [-0.2, -0.15) is 0 Å². The Balaban J connectivity index is 1.59. The number of anilines is 1. The van der Waals surface area contributed by atoms with E-state index >= 15 is 0 Å². The summed E-state index contributed by atoms with van der Waals surface area (Å²) in [6, 6.07) is 11.1. The van der Waals surface area contributed by atoms with Crippen LogP contribution in [0.3, 0.4) is 0 Å². The first-order chi connectivity index (χ1) is 14.9. The molecule has 5 rings (SSSR count). The first kappa shape index (κ1) is 19.5. The normalized spacial score (nSPS) is 24.5. The zero-order valence-electron chi connectivity index (χ0n) is 16.4. The summed E-state index contributed by atoms with van der Waals surface area (Å²) < 4.78 is 10.8. The molecular formula is C22H18N2O6S. The number of imide groups is 1. The van der Waals surface area contributed by atoms with Gasteiger partial charge in [0.15, 0.2) is 0 Å². The van der Waals surface area contributed by atoms with Gasteiger partial charge in [0.25, 0.3) is 0 Å². The van der Waals surface area contributed by atoms with Crippen molar-refractivity contribution in [3.05, 3.63) is 58.6 Å². The fourth-order valence-corrected chi connectivity index (χ4v) is 5.59. The average Bonchev–Trinajstić information content (AvgIpc) is 2.98. The molecule has 158 valence electrons. The number of thioether (sulfide) groups is 1. The third-order valence-electron chi connectivity index (χ3n) is 5.65. The van der Waals surface area contributed by atoms with Gasteiger partial charge in [0, 0.05) is 17.5 Å². The smallest absolute Gasteiger partial charge is 0.342 e. The second kappa shape index (κ2) is 7.05. The SMILES string of the molecule is CCOc1ccc(N2C(=O)[C@H]3[C@H](SC(N)=C4C(=O)Oc5cc(O)ccc5[C@H]43)C2=O)cc1. The Morgan fingerprint density at radius 3 is 2.58 bits per heavy atom. The molecule has 0 aliphatic carbocycles. The monoisotopic (exact) mass is 438 g/mol. The highest BCUT2D eigenvalue weighted by molar-refractivity contribution is 8.04. The molecule has 9 heteroatoms. The maximum atomic E-state index is 13.5. The maximum absolute atomic E-state index is 13.5. The molecule has 0 spiro atoms. The van der Waals surface area contributed by atoms with Crippen LogP contribution >= 0.6 is 11.8 Å². The van der Waals surface area contributed by atoms with Crippen LogP contribution in [0.25, 0.3) is 0 Å². The Morgan fingerprint density at radius 2 is 1.87 bits per heavy atom. The van der Waals surface area contributed by atoms with E-state index in [1.807, 2.05) is 6.92 Å². The highest BCUT2D eigenvalue weighted by atomic mass is 32.2. The summed E-state index contributed by atoms with van der Waals surface area (Å²) in [6.45, 7) is 2.37. The quantitative estimate of drug-likeness (QED) is 0.426. The molecule has 2 aromatic rings. The molecule has 31 heavy (non-hydrogen) atoms. The fraction of sp³-hybridized carbons (Fsp3) is 0.227. The minimum absolute atomic E-state index is 0.0708. The summed E-state index contributed by atoms with van der Waals surface area (Å²) in [7, 11) is 0. The molecule has 0 bridgehead atoms. The summed E-state index contributed by atoms with van der Waals surface area (Å²) in [6.07, 6.45) is 0. The van der Waals surface area contributed by atoms with Crippen LogP contribution in [0.4, 0.5) is 5.69 Å². The molecule has 3 aliphatic heterocycles. The van der Waals surface area contributed by atoms with Crippen LogP contribution in [0.5, 0.6) is 17.2 Å². The van der Waals surface area contributed by atoms with E-state index in [9.17, 15) is 19.5 Å². The van der Waals surface area contributed by atoms with E-state index in [1.54, 1.807) is 30.3 Å². The lowest BCUT2D eigenvalue weighted by Crippen LogP contribution is -2.39. The van der Waals surface area contributed by atoms with Gasteiger partial charge in [-0.25, -0.2) is 9.69 Å². The van der Waals surface area contributed by atoms with Crippen LogP contribution in [0, 0.1) is 5.92 Å². The zero-order valence-corrected chi connectivity index (χ0v) is 17.2. The Hall–Kier alpha value is -3.46. The predicted octanol–water partition coefficient (Wildman–Crippen LogP) is 2.27. The number of carbonyl (C=O) groups excluding carboxylic acids is 3. The fourth-order valence-electron chi connectivity index (χ4n) is 4.35. The Labute approximate surface area is 181 Å². The van der Waals surface area contributed by atoms with Crippen molar-refractivity contribution >= 4 is 35.2 Å². The molecule has 3 aliphatic rings. The summed E-state index contributed by atoms with van der Waals surface area (Å²) >= 11 is 1.02. The summed E-state index contributed by atoms with van der Waals surface area (Å²) in [5.41, 5.74) is 7.31. The van der Waals surface area contributed by atoms with Crippen LogP contribution in [0.2, 0.25) is 0 Å². The molecule has 1 saturated heterocycles. The van der Waals surface area contributed by atoms with Gasteiger partial charge in [0.05, 0.1) is 28.8 Å². The number of nitrogens with two attached hydrogens (primary N) is 1. The van der Waals surface area contributed by atoms with E-state index < -0.39 is 29.0 Å². The lowest BCUT2D eigenvalue weighted by molar-refractivity contribution is -0.131. The van der Waals surface area contributed by atoms with Crippen LogP contribution in [-0.2, 0) is 14.4 Å². The van der Waals surface area contributed by atoms with Crippen molar-refractivity contribution in [1.29, 1.82) is 0 Å². The van der Waals surface area contributed by atoms with Crippen molar-refractivity contribution in [2.45, 2.75) is 18.1 Å². The van der Waals surface area contributed by atoms with Crippen molar-refractivity contribution in [2.24, 2.45) is 11.7 Å². The molecule has 3 atom stereocenters. The first-order valence-electron chi connectivity index (χ1n) is 9.72. The molecule has 0 aromatic heterocycles. The number of hydrogen-bond acceptors (Lipinski definition) is 8. The lowest BCUT2D eigenvalue weighted by Gasteiger charge is -2.36. The Morgan fingerprint density at radius 1 is 1.13 bits per heavy atom. The number of rotatable bonds is 3. The molecular weight excluding hydrogens is 420 g/mol. The van der Waals surface area contributed by atoms with Crippen molar-refractivity contribution in [3.8, 4) is 17.2 Å². The molecule has 2 amide bonds. The summed E-state index contributed by atoms with van der Waals surface area (Å²) in [5, 5.41) is 9.19. The van der Waals surface area contributed by atoms with Crippen LogP contribution in [0.15, 0.2) is 53.1 Å². The van der Waals surface area contributed by atoms with Gasteiger partial charge in [-0.1, -0.05) is 17.8 Å². The van der Waals surface area contributed by atoms with Crippen molar-refractivity contribution in [1.82, 2.24) is 0 Å². The topological polar surface area (TPSA) is 119 Å². The van der Waals surface area contributed by atoms with E-state index in [-0.39, 0.29) is 28.0 Å². The maximum Gasteiger partial charge on any atom is 0.342 e. The van der Waals surface area contributed by atoms with Gasteiger partial charge in [-0.15, -0.1) is 0 Å². The average molecular weight is 438 g/mol. The third-order valence-corrected chi connectivity index (χ3v) is 6.87. The number of benzene rings is 2. The minimum Gasteiger partial charge on any atom is -0.508 e. The van der Waals surface area contributed by atoms with E-state index in [4.69, 9.17) is 15.2 Å². The molecule has 0 saturated carbocycles. The second-order valence-electron chi connectivity index (χ2n) is 7.37. The van der Waals surface area contributed by atoms with Gasteiger partial charge in [-0.3, -0.25) is 9.59 Å². The molecule has 0 unspecified atom stereocenters. The van der Waals surface area contributed by atoms with E-state index in [0.29, 0.717) is 23.6 Å². The minimum atomic E-state index is -0.817. The predicted molar refractivity (Wildman–Crippen MR) is 113 cm³/mol. The van der Waals surface area contributed by atoms with Crippen molar-refractivity contribution in [2.75, 3.05) is 11.5 Å². The van der Waals surface area contributed by atoms with Gasteiger partial charge in [0.2, 0.25) is 11.8 Å². The number of ether oxygens (including phenoxy) is 2. The molecule has 8 nitrogen and oxygen atoms in total. The molecule has 3 N–H and O–H groups in total.